The number of hydrogen-bond donors (Lipinski definition) is 2. The van der Waals surface area contributed by atoms with Crippen molar-refractivity contribution in [3.8, 4) is 11.5 Å². The SMILES string of the molecule is COc1cc(NC(=O)C2(C)CC(=O)N=C3C=CC=CN32)c(C(=O)O)cc1OC. The van der Waals surface area contributed by atoms with E-state index in [0.717, 1.165) is 0 Å². The van der Waals surface area contributed by atoms with Crippen LogP contribution in [-0.2, 0) is 9.59 Å². The quantitative estimate of drug-likeness (QED) is 0.794. The molecule has 1 atom stereocenters. The molecule has 1 aromatic carbocycles. The van der Waals surface area contributed by atoms with Crippen LogP contribution >= 0.6 is 0 Å². The summed E-state index contributed by atoms with van der Waals surface area (Å²) < 4.78 is 10.3. The van der Waals surface area contributed by atoms with Gasteiger partial charge in [-0.1, -0.05) is 6.08 Å². The maximum absolute atomic E-state index is 13.1. The van der Waals surface area contributed by atoms with Gasteiger partial charge in [-0.05, 0) is 19.1 Å². The Bertz CT molecular complexity index is 949. The molecule has 0 aromatic heterocycles. The number of methoxy groups -OCH3 is 2. The van der Waals surface area contributed by atoms with E-state index in [0.29, 0.717) is 5.84 Å². The Morgan fingerprint density at radius 1 is 1.21 bits per heavy atom. The zero-order valence-electron chi connectivity index (χ0n) is 15.6. The van der Waals surface area contributed by atoms with Crippen molar-refractivity contribution in [2.45, 2.75) is 18.9 Å². The van der Waals surface area contributed by atoms with Crippen LogP contribution in [0.15, 0.2) is 41.6 Å². The fourth-order valence-electron chi connectivity index (χ4n) is 3.10. The molecular formula is C19H19N3O6. The molecule has 1 aromatic rings. The molecule has 0 saturated carbocycles. The Kier molecular flexibility index (Phi) is 4.91. The number of benzene rings is 1. The lowest BCUT2D eigenvalue weighted by Crippen LogP contribution is -2.58. The van der Waals surface area contributed by atoms with Crippen molar-refractivity contribution in [2.24, 2.45) is 4.99 Å². The first-order valence-corrected chi connectivity index (χ1v) is 8.36. The average molecular weight is 385 g/mol. The van der Waals surface area contributed by atoms with Gasteiger partial charge in [0.05, 0.1) is 31.9 Å². The Morgan fingerprint density at radius 3 is 2.54 bits per heavy atom. The van der Waals surface area contributed by atoms with E-state index in [4.69, 9.17) is 9.47 Å². The highest BCUT2D eigenvalue weighted by atomic mass is 16.5. The first-order chi connectivity index (χ1) is 13.3. The van der Waals surface area contributed by atoms with Crippen LogP contribution in [0.25, 0.3) is 0 Å². The lowest BCUT2D eigenvalue weighted by molar-refractivity contribution is -0.130. The van der Waals surface area contributed by atoms with Gasteiger partial charge in [0.15, 0.2) is 11.5 Å². The van der Waals surface area contributed by atoms with Gasteiger partial charge in [0, 0.05) is 18.3 Å². The van der Waals surface area contributed by atoms with Crippen LogP contribution in [-0.4, -0.2) is 53.4 Å². The summed E-state index contributed by atoms with van der Waals surface area (Å²) in [6, 6.07) is 2.64. The van der Waals surface area contributed by atoms with Crippen LogP contribution in [0.3, 0.4) is 0 Å². The molecule has 0 saturated heterocycles. The fourth-order valence-corrected chi connectivity index (χ4v) is 3.10. The van der Waals surface area contributed by atoms with Gasteiger partial charge in [-0.25, -0.2) is 4.79 Å². The van der Waals surface area contributed by atoms with Gasteiger partial charge in [-0.15, -0.1) is 0 Å². The average Bonchev–Trinajstić information content (AvgIpc) is 2.67. The number of amides is 2. The largest absolute Gasteiger partial charge is 0.493 e. The van der Waals surface area contributed by atoms with Crippen molar-refractivity contribution in [2.75, 3.05) is 19.5 Å². The molecule has 2 aliphatic rings. The summed E-state index contributed by atoms with van der Waals surface area (Å²) in [5.74, 6) is -1.41. The minimum absolute atomic E-state index is 0.0319. The zero-order chi connectivity index (χ0) is 20.5. The molecule has 0 bridgehead atoms. The van der Waals surface area contributed by atoms with Crippen molar-refractivity contribution in [1.82, 2.24) is 4.90 Å². The van der Waals surface area contributed by atoms with Crippen LogP contribution < -0.4 is 14.8 Å². The Balaban J connectivity index is 1.99. The maximum atomic E-state index is 13.1. The standard InChI is InChI=1S/C19H19N3O6/c1-19(10-16(23)21-15-6-4-5-7-22(15)19)18(26)20-12-9-14(28-3)13(27-2)8-11(12)17(24)25/h4-9H,10H2,1-3H3,(H,20,26)(H,24,25). The summed E-state index contributed by atoms with van der Waals surface area (Å²) in [4.78, 5) is 42.4. The molecule has 9 heteroatoms. The van der Waals surface area contributed by atoms with E-state index in [-0.39, 0.29) is 29.2 Å². The minimum atomic E-state index is -1.28. The summed E-state index contributed by atoms with van der Waals surface area (Å²) in [6.07, 6.45) is 6.55. The maximum Gasteiger partial charge on any atom is 0.337 e. The van der Waals surface area contributed by atoms with E-state index >= 15 is 0 Å². The van der Waals surface area contributed by atoms with Crippen LogP contribution in [0.1, 0.15) is 23.7 Å². The van der Waals surface area contributed by atoms with Crippen LogP contribution in [0, 0.1) is 0 Å². The number of nitrogens with zero attached hydrogens (tertiary/aromatic N) is 2. The van der Waals surface area contributed by atoms with Crippen molar-refractivity contribution in [3.05, 3.63) is 42.1 Å². The Morgan fingerprint density at radius 2 is 1.89 bits per heavy atom. The molecule has 3 rings (SSSR count). The smallest absolute Gasteiger partial charge is 0.337 e. The predicted molar refractivity (Wildman–Crippen MR) is 101 cm³/mol. The second-order valence-corrected chi connectivity index (χ2v) is 6.40. The van der Waals surface area contributed by atoms with Crippen molar-refractivity contribution < 1.29 is 29.0 Å². The number of carbonyl (C=O) groups is 3. The van der Waals surface area contributed by atoms with Crippen molar-refractivity contribution in [3.63, 3.8) is 0 Å². The van der Waals surface area contributed by atoms with E-state index in [1.165, 1.54) is 26.4 Å². The lowest BCUT2D eigenvalue weighted by Gasteiger charge is -2.41. The number of carboxylic acids is 1. The Hall–Kier alpha value is -3.62. The zero-order valence-corrected chi connectivity index (χ0v) is 15.6. The summed E-state index contributed by atoms with van der Waals surface area (Å²) >= 11 is 0. The lowest BCUT2D eigenvalue weighted by atomic mass is 9.91. The molecule has 2 amide bonds. The number of allylic oxidation sites excluding steroid dienone is 2. The second kappa shape index (κ2) is 7.18. The number of hydrogen-bond acceptors (Lipinski definition) is 6. The van der Waals surface area contributed by atoms with Crippen LogP contribution in [0.2, 0.25) is 0 Å². The van der Waals surface area contributed by atoms with E-state index < -0.39 is 23.3 Å². The van der Waals surface area contributed by atoms with Gasteiger partial charge in [-0.3, -0.25) is 9.59 Å². The number of anilines is 1. The summed E-state index contributed by atoms with van der Waals surface area (Å²) in [7, 11) is 2.78. The Labute approximate surface area is 160 Å². The van der Waals surface area contributed by atoms with Gasteiger partial charge in [0.2, 0.25) is 0 Å². The fraction of sp³-hybridized carbons (Fsp3) is 0.263. The topological polar surface area (TPSA) is 118 Å². The summed E-state index contributed by atoms with van der Waals surface area (Å²) in [6.45, 7) is 1.60. The first-order valence-electron chi connectivity index (χ1n) is 8.36. The summed E-state index contributed by atoms with van der Waals surface area (Å²) in [5, 5.41) is 12.1. The van der Waals surface area contributed by atoms with Crippen molar-refractivity contribution in [1.29, 1.82) is 0 Å². The van der Waals surface area contributed by atoms with E-state index in [1.54, 1.807) is 36.3 Å². The summed E-state index contributed by atoms with van der Waals surface area (Å²) in [5.41, 5.74) is -1.41. The molecule has 0 spiro atoms. The van der Waals surface area contributed by atoms with Crippen LogP contribution in [0.5, 0.6) is 11.5 Å². The van der Waals surface area contributed by atoms with E-state index in [9.17, 15) is 19.5 Å². The highest BCUT2D eigenvalue weighted by molar-refractivity contribution is 6.13. The number of amidine groups is 1. The molecule has 1 unspecified atom stereocenters. The van der Waals surface area contributed by atoms with E-state index in [1.807, 2.05) is 0 Å². The molecule has 0 aliphatic carbocycles. The number of carboxylic acid groups (broad SMARTS) is 1. The first kappa shape index (κ1) is 19.2. The number of ether oxygens (including phenoxy) is 2. The molecular weight excluding hydrogens is 366 g/mol. The number of aliphatic imine (C=N–C) groups is 1. The van der Waals surface area contributed by atoms with Gasteiger partial charge in [-0.2, -0.15) is 4.99 Å². The molecule has 9 nitrogen and oxygen atoms in total. The third-order valence-corrected chi connectivity index (χ3v) is 4.60. The molecule has 2 heterocycles. The molecule has 146 valence electrons. The number of rotatable bonds is 5. The third-order valence-electron chi connectivity index (χ3n) is 4.60. The van der Waals surface area contributed by atoms with Crippen molar-refractivity contribution >= 4 is 29.3 Å². The van der Waals surface area contributed by atoms with Gasteiger partial charge >= 0.3 is 5.97 Å². The highest BCUT2D eigenvalue weighted by Crippen LogP contribution is 2.35. The monoisotopic (exact) mass is 385 g/mol. The highest BCUT2D eigenvalue weighted by Gasteiger charge is 2.45. The second-order valence-electron chi connectivity index (χ2n) is 6.40. The van der Waals surface area contributed by atoms with Crippen LogP contribution in [0.4, 0.5) is 5.69 Å². The van der Waals surface area contributed by atoms with Gasteiger partial charge in [0.25, 0.3) is 11.8 Å². The minimum Gasteiger partial charge on any atom is -0.493 e. The van der Waals surface area contributed by atoms with Gasteiger partial charge in [0.1, 0.15) is 11.4 Å². The van der Waals surface area contributed by atoms with Gasteiger partial charge < -0.3 is 24.8 Å². The number of aromatic carboxylic acids is 1. The van der Waals surface area contributed by atoms with E-state index in [2.05, 4.69) is 10.3 Å². The molecule has 0 radical (unpaired) electrons. The molecule has 28 heavy (non-hydrogen) atoms. The normalized spacial score (nSPS) is 20.3. The number of nitrogens with one attached hydrogen (secondary N) is 1. The molecule has 2 N–H and O–H groups in total. The number of carbonyl (C=O) groups excluding carboxylic acids is 2. The predicted octanol–water partition coefficient (Wildman–Crippen LogP) is 1.81. The molecule has 2 aliphatic heterocycles. The molecule has 0 fully saturated rings. The number of fused-ring (bicyclic) bond motifs is 1. The third kappa shape index (κ3) is 3.22.